The van der Waals surface area contributed by atoms with Crippen molar-refractivity contribution < 1.29 is 72.2 Å². The highest BCUT2D eigenvalue weighted by atomic mass is 31.2. The van der Waals surface area contributed by atoms with Crippen LogP contribution in [0.15, 0.2) is 4.99 Å². The molecule has 0 heterocycles. The number of carbonyl (C=O) groups is 9. The van der Waals surface area contributed by atoms with Crippen molar-refractivity contribution in [3.05, 3.63) is 0 Å². The summed E-state index contributed by atoms with van der Waals surface area (Å²) in [6.07, 6.45) is 0.908. The topological polar surface area (TPSA) is 552 Å². The molecule has 0 aromatic carbocycles. The second-order valence-corrected chi connectivity index (χ2v) is 18.0. The molecule has 32 heteroatoms. The summed E-state index contributed by atoms with van der Waals surface area (Å²) >= 11 is 0. The molecule has 26 N–H and O–H groups in total. The van der Waals surface area contributed by atoms with Crippen molar-refractivity contribution in [3.8, 4) is 0 Å². The van der Waals surface area contributed by atoms with Gasteiger partial charge >= 0.3 is 13.8 Å². The molecule has 0 aliphatic heterocycles. The van der Waals surface area contributed by atoms with Crippen molar-refractivity contribution >= 4 is 67.0 Å². The van der Waals surface area contributed by atoms with Gasteiger partial charge in [-0.1, -0.05) is 0 Å². The minimum atomic E-state index is -5.30. The van der Waals surface area contributed by atoms with Crippen LogP contribution in [0.3, 0.4) is 0 Å². The number of aliphatic carboxylic acids is 1. The first-order valence-electron chi connectivity index (χ1n) is 24.0. The van der Waals surface area contributed by atoms with E-state index in [-0.39, 0.29) is 90.0 Å². The van der Waals surface area contributed by atoms with E-state index in [0.29, 0.717) is 38.5 Å². The van der Waals surface area contributed by atoms with Crippen LogP contribution in [0.1, 0.15) is 96.8 Å². The summed E-state index contributed by atoms with van der Waals surface area (Å²) in [5, 5.41) is 37.7. The summed E-state index contributed by atoms with van der Waals surface area (Å²) in [7, 11) is -5.30. The van der Waals surface area contributed by atoms with E-state index < -0.39 is 129 Å². The number of guanidine groups is 1. The van der Waals surface area contributed by atoms with Gasteiger partial charge in [0.15, 0.2) is 5.96 Å². The third-order valence-electron chi connectivity index (χ3n) is 10.7. The summed E-state index contributed by atoms with van der Waals surface area (Å²) in [4.78, 5) is 142. The normalized spacial score (nSPS) is 14.5. The van der Waals surface area contributed by atoms with E-state index in [1.54, 1.807) is 0 Å². The Morgan fingerprint density at radius 2 is 0.890 bits per heavy atom. The first-order valence-corrected chi connectivity index (χ1v) is 25.5. The predicted molar refractivity (Wildman–Crippen MR) is 264 cm³/mol. The van der Waals surface area contributed by atoms with Crippen molar-refractivity contribution in [2.24, 2.45) is 45.1 Å². The first-order chi connectivity index (χ1) is 34.5. The number of carboxylic acid groups (broad SMARTS) is 1. The van der Waals surface area contributed by atoms with Crippen molar-refractivity contribution in [1.29, 1.82) is 0 Å². The maximum atomic E-state index is 14.2. The van der Waals surface area contributed by atoms with Crippen LogP contribution in [0.4, 0.5) is 0 Å². The predicted octanol–water partition coefficient (Wildman–Crippen LogP) is -7.40. The third kappa shape index (κ3) is 30.2. The van der Waals surface area contributed by atoms with E-state index in [9.17, 15) is 62.6 Å². The van der Waals surface area contributed by atoms with E-state index in [1.165, 1.54) is 0 Å². The molecular weight excluding hydrogens is 988 g/mol. The smallest absolute Gasteiger partial charge is 0.469 e. The van der Waals surface area contributed by atoms with Crippen LogP contribution in [0.2, 0.25) is 0 Å². The number of aliphatic hydroxyl groups is 1. The van der Waals surface area contributed by atoms with Gasteiger partial charge < -0.3 is 103 Å². The fourth-order valence-electron chi connectivity index (χ4n) is 6.80. The Kier molecular flexibility index (Phi) is 35.1. The van der Waals surface area contributed by atoms with E-state index in [2.05, 4.69) is 42.2 Å². The molecule has 0 spiro atoms. The largest absolute Gasteiger partial charge is 0.480 e. The van der Waals surface area contributed by atoms with Crippen molar-refractivity contribution in [3.63, 3.8) is 0 Å². The highest BCUT2D eigenvalue weighted by molar-refractivity contribution is 7.46. The maximum absolute atomic E-state index is 14.2. The fraction of sp³-hybridized carbons (Fsp3) is 0.756. The van der Waals surface area contributed by atoms with Gasteiger partial charge in [-0.3, -0.25) is 47.9 Å². The lowest BCUT2D eigenvalue weighted by Crippen LogP contribution is -2.61. The number of nitrogens with one attached hydrogen (secondary N) is 8. The molecule has 0 aromatic heterocycles. The Morgan fingerprint density at radius 3 is 1.26 bits per heavy atom. The third-order valence-corrected chi connectivity index (χ3v) is 11.3. The number of unbranched alkanes of at least 4 members (excludes halogenated alkanes) is 4. The minimum absolute atomic E-state index is 0.0221. The second-order valence-electron chi connectivity index (χ2n) is 16.8. The Balaban J connectivity index is 6.88. The monoisotopic (exact) mass is 1070 g/mol. The van der Waals surface area contributed by atoms with Gasteiger partial charge in [0.25, 0.3) is 0 Å². The highest BCUT2D eigenvalue weighted by Crippen LogP contribution is 2.38. The number of carboxylic acids is 1. The number of aliphatic hydroxyl groups excluding tert-OH is 1. The molecule has 0 aliphatic carbocycles. The summed E-state index contributed by atoms with van der Waals surface area (Å²) in [5.41, 5.74) is 39.0. The molecule has 0 saturated heterocycles. The number of hydrogen-bond donors (Lipinski definition) is 19. The van der Waals surface area contributed by atoms with Gasteiger partial charge in [-0.2, -0.15) is 0 Å². The average Bonchev–Trinajstić information content (AvgIpc) is 3.32. The molecule has 0 aliphatic rings. The summed E-state index contributed by atoms with van der Waals surface area (Å²) in [5.74, 6) is -9.15. The maximum Gasteiger partial charge on any atom is 0.469 e. The first kappa shape index (κ1) is 67.4. The number of hydrogen-bond acceptors (Lipinski definition) is 18. The Labute approximate surface area is 423 Å². The van der Waals surface area contributed by atoms with Crippen molar-refractivity contribution in [1.82, 2.24) is 42.5 Å². The molecule has 8 amide bonds. The SMILES string of the molecule is C[C@@H](OP(=O)(O)O)[C@H](NC(=O)[C@H](CCCCN)NC(=O)CN)C(=O)N[C@@H](CCCCN)C(=O)N[C@@H](CCCCN)C(=O)N[C@@H](CCCCN)C(=O)N[C@@H](CCCN=C(N)N)C(=O)NCC(=O)N[C@@H](CO)C(=O)O. The standard InChI is InChI=1S/C41H81N16O15P/c1-24(72-73(69,70)71)33(57-38(65)26(11-2-6-16-42)51-31(59)21-46)39(66)56-29(14-5-9-19-45)37(64)55-28(13-4-8-18-44)36(63)54-27(12-3-7-17-43)35(62)53-25(15-10-20-49-41(47)48)34(61)50-22-32(60)52-30(23-58)40(67)68/h24-30,33,58H,2-23,42-46H2,1H3,(H,50,61)(H,51,59)(H,52,60)(H,53,62)(H,54,63)(H,55,64)(H,56,66)(H,57,65)(H,67,68)(H4,47,48,49)(H2,69,70,71)/t24-,25+,26+,27+,28+,29+,30+,33+/m1/s1. The number of aliphatic imine (C=N–C) groups is 1. The quantitative estimate of drug-likeness (QED) is 0.0117. The molecule has 0 rings (SSSR count). The zero-order chi connectivity index (χ0) is 55.5. The number of carbonyl (C=O) groups excluding carboxylic acids is 8. The average molecular weight is 1070 g/mol. The lowest BCUT2D eigenvalue weighted by Gasteiger charge is -2.29. The molecule has 0 unspecified atom stereocenters. The van der Waals surface area contributed by atoms with Gasteiger partial charge in [0.05, 0.1) is 25.8 Å². The van der Waals surface area contributed by atoms with Crippen LogP contribution < -0.4 is 82.7 Å². The molecule has 73 heavy (non-hydrogen) atoms. The van der Waals surface area contributed by atoms with Gasteiger partial charge in [-0.05, 0) is 123 Å². The van der Waals surface area contributed by atoms with Crippen LogP contribution in [0.5, 0.6) is 0 Å². The highest BCUT2D eigenvalue weighted by Gasteiger charge is 2.37. The van der Waals surface area contributed by atoms with Gasteiger partial charge in [0.2, 0.25) is 47.3 Å². The van der Waals surface area contributed by atoms with Crippen molar-refractivity contribution in [2.45, 2.75) is 145 Å². The number of phosphoric acid groups is 1. The minimum Gasteiger partial charge on any atom is -0.480 e. The number of rotatable bonds is 41. The van der Waals surface area contributed by atoms with Gasteiger partial charge in [0.1, 0.15) is 42.3 Å². The number of nitrogens with two attached hydrogens (primary N) is 7. The lowest BCUT2D eigenvalue weighted by molar-refractivity contribution is -0.143. The fourth-order valence-corrected chi connectivity index (χ4v) is 7.35. The Bertz CT molecular complexity index is 1830. The molecule has 8 atom stereocenters. The number of phosphoric ester groups is 1. The Morgan fingerprint density at radius 1 is 0.521 bits per heavy atom. The molecule has 31 nitrogen and oxygen atoms in total. The molecule has 0 fully saturated rings. The van der Waals surface area contributed by atoms with Crippen molar-refractivity contribution in [2.75, 3.05) is 52.4 Å². The van der Waals surface area contributed by atoms with Crippen LogP contribution in [-0.2, 0) is 52.2 Å². The molecule has 0 radical (unpaired) electrons. The van der Waals surface area contributed by atoms with E-state index in [0.717, 1.165) is 6.92 Å². The molecule has 420 valence electrons. The zero-order valence-electron chi connectivity index (χ0n) is 41.4. The molecular formula is C41H81N16O15P. The number of nitrogens with zero attached hydrogens (tertiary/aromatic N) is 1. The molecule has 0 bridgehead atoms. The lowest BCUT2D eigenvalue weighted by atomic mass is 10.0. The Hall–Kier alpha value is -5.63. The van der Waals surface area contributed by atoms with Crippen LogP contribution in [0, 0.1) is 0 Å². The van der Waals surface area contributed by atoms with Gasteiger partial charge in [0, 0.05) is 6.54 Å². The molecule has 0 aromatic rings. The van der Waals surface area contributed by atoms with E-state index in [1.807, 2.05) is 5.32 Å². The zero-order valence-corrected chi connectivity index (χ0v) is 42.3. The van der Waals surface area contributed by atoms with E-state index >= 15 is 0 Å². The molecule has 0 saturated carbocycles. The van der Waals surface area contributed by atoms with Crippen LogP contribution in [0.25, 0.3) is 0 Å². The summed E-state index contributed by atoms with van der Waals surface area (Å²) in [6.45, 7) is -0.233. The summed E-state index contributed by atoms with van der Waals surface area (Å²) in [6, 6.07) is -10.4. The van der Waals surface area contributed by atoms with Gasteiger partial charge in [-0.25, -0.2) is 9.36 Å². The van der Waals surface area contributed by atoms with E-state index in [4.69, 9.17) is 49.8 Å². The number of amides is 8. The summed E-state index contributed by atoms with van der Waals surface area (Å²) < 4.78 is 16.7. The van der Waals surface area contributed by atoms with Crippen LogP contribution in [-0.4, -0.2) is 180 Å². The van der Waals surface area contributed by atoms with Crippen LogP contribution >= 0.6 is 7.82 Å². The van der Waals surface area contributed by atoms with Gasteiger partial charge in [-0.15, -0.1) is 0 Å². The second kappa shape index (κ2) is 38.0.